The van der Waals surface area contributed by atoms with Gasteiger partial charge in [0, 0.05) is 19.4 Å². The van der Waals surface area contributed by atoms with Crippen LogP contribution in [0.3, 0.4) is 0 Å². The van der Waals surface area contributed by atoms with Crippen LogP contribution in [0.1, 0.15) is 23.4 Å². The molecule has 0 spiro atoms. The molecule has 15 heavy (non-hydrogen) atoms. The van der Waals surface area contributed by atoms with Crippen LogP contribution in [0, 0.1) is 0 Å². The smallest absolute Gasteiger partial charge is 0.311 e. The maximum atomic E-state index is 11.9. The van der Waals surface area contributed by atoms with Gasteiger partial charge in [0.25, 0.3) is 0 Å². The lowest BCUT2D eigenvalue weighted by atomic mass is 10.3. The molecule has 1 rings (SSSR count). The largest absolute Gasteiger partial charge is 0.389 e. The second-order valence-electron chi connectivity index (χ2n) is 2.99. The van der Waals surface area contributed by atoms with Crippen molar-refractivity contribution in [2.45, 2.75) is 32.5 Å². The molecule has 0 radical (unpaired) electrons. The number of rotatable bonds is 5. The van der Waals surface area contributed by atoms with Crippen molar-refractivity contribution in [1.82, 2.24) is 15.5 Å². The average molecular weight is 239 g/mol. The molecule has 86 valence electrons. The first kappa shape index (κ1) is 12.4. The SMILES string of the molecule is CCNCc1nnc(CCC(F)(F)F)s1. The Morgan fingerprint density at radius 3 is 2.53 bits per heavy atom. The van der Waals surface area contributed by atoms with Crippen LogP contribution in [0.15, 0.2) is 0 Å². The lowest BCUT2D eigenvalue weighted by Crippen LogP contribution is -2.11. The fourth-order valence-corrected chi connectivity index (χ4v) is 1.76. The molecule has 0 fully saturated rings. The van der Waals surface area contributed by atoms with Crippen LogP contribution < -0.4 is 5.32 Å². The van der Waals surface area contributed by atoms with Gasteiger partial charge in [-0.3, -0.25) is 0 Å². The van der Waals surface area contributed by atoms with E-state index in [0.717, 1.165) is 11.6 Å². The summed E-state index contributed by atoms with van der Waals surface area (Å²) in [6.07, 6.45) is -5.02. The van der Waals surface area contributed by atoms with Gasteiger partial charge in [0.1, 0.15) is 10.0 Å². The van der Waals surface area contributed by atoms with Crippen LogP contribution in [0.25, 0.3) is 0 Å². The maximum absolute atomic E-state index is 11.9. The van der Waals surface area contributed by atoms with E-state index in [1.807, 2.05) is 6.92 Å². The summed E-state index contributed by atoms with van der Waals surface area (Å²) in [5, 5.41) is 11.7. The van der Waals surface area contributed by atoms with Gasteiger partial charge >= 0.3 is 6.18 Å². The number of alkyl halides is 3. The molecule has 1 aromatic rings. The van der Waals surface area contributed by atoms with Crippen molar-refractivity contribution < 1.29 is 13.2 Å². The molecule has 0 aromatic carbocycles. The first-order chi connectivity index (χ1) is 7.01. The van der Waals surface area contributed by atoms with Crippen molar-refractivity contribution in [1.29, 1.82) is 0 Å². The normalized spacial score (nSPS) is 12.0. The van der Waals surface area contributed by atoms with E-state index in [2.05, 4.69) is 15.5 Å². The second-order valence-corrected chi connectivity index (χ2v) is 4.13. The molecule has 0 saturated carbocycles. The Bertz CT molecular complexity index is 298. The van der Waals surface area contributed by atoms with Gasteiger partial charge in [0.05, 0.1) is 0 Å². The molecule has 7 heteroatoms. The Labute approximate surface area is 89.7 Å². The van der Waals surface area contributed by atoms with Gasteiger partial charge in [0.2, 0.25) is 0 Å². The average Bonchev–Trinajstić information content (AvgIpc) is 2.58. The molecule has 0 atom stereocenters. The third-order valence-electron chi connectivity index (χ3n) is 1.66. The van der Waals surface area contributed by atoms with Gasteiger partial charge < -0.3 is 5.32 Å². The zero-order valence-corrected chi connectivity index (χ0v) is 9.08. The Hall–Kier alpha value is -0.690. The molecular formula is C8H12F3N3S. The van der Waals surface area contributed by atoms with Crippen molar-refractivity contribution in [3.8, 4) is 0 Å². The van der Waals surface area contributed by atoms with Crippen molar-refractivity contribution in [2.24, 2.45) is 0 Å². The Morgan fingerprint density at radius 2 is 1.93 bits per heavy atom. The summed E-state index contributed by atoms with van der Waals surface area (Å²) in [7, 11) is 0. The van der Waals surface area contributed by atoms with E-state index in [-0.39, 0.29) is 6.42 Å². The number of aromatic nitrogens is 2. The van der Waals surface area contributed by atoms with Crippen molar-refractivity contribution in [3.05, 3.63) is 10.0 Å². The molecular weight excluding hydrogens is 227 g/mol. The summed E-state index contributed by atoms with van der Waals surface area (Å²) in [6, 6.07) is 0. The van der Waals surface area contributed by atoms with Crippen LogP contribution >= 0.6 is 11.3 Å². The summed E-state index contributed by atoms with van der Waals surface area (Å²) in [4.78, 5) is 0. The quantitative estimate of drug-likeness (QED) is 0.855. The fraction of sp³-hybridized carbons (Fsp3) is 0.750. The zero-order chi connectivity index (χ0) is 11.3. The van der Waals surface area contributed by atoms with E-state index in [1.165, 1.54) is 11.3 Å². The highest BCUT2D eigenvalue weighted by Crippen LogP contribution is 2.23. The lowest BCUT2D eigenvalue weighted by molar-refractivity contribution is -0.134. The molecule has 0 aliphatic heterocycles. The summed E-state index contributed by atoms with van der Waals surface area (Å²) in [5.41, 5.74) is 0. The fourth-order valence-electron chi connectivity index (χ4n) is 0.941. The minimum absolute atomic E-state index is 0.0761. The molecule has 1 heterocycles. The van der Waals surface area contributed by atoms with Crippen LogP contribution in [0.2, 0.25) is 0 Å². The molecule has 0 aliphatic carbocycles. The lowest BCUT2D eigenvalue weighted by Gasteiger charge is -2.02. The topological polar surface area (TPSA) is 37.8 Å². The first-order valence-corrected chi connectivity index (χ1v) is 5.41. The van der Waals surface area contributed by atoms with E-state index in [4.69, 9.17) is 0 Å². The molecule has 0 amide bonds. The van der Waals surface area contributed by atoms with Gasteiger partial charge in [-0.15, -0.1) is 21.5 Å². The first-order valence-electron chi connectivity index (χ1n) is 4.60. The highest BCUT2D eigenvalue weighted by atomic mass is 32.1. The Kier molecular flexibility index (Phi) is 4.46. The number of nitrogens with one attached hydrogen (secondary N) is 1. The molecule has 0 aliphatic rings. The second kappa shape index (κ2) is 5.41. The van der Waals surface area contributed by atoms with E-state index in [9.17, 15) is 13.2 Å². The molecule has 0 saturated heterocycles. The third-order valence-corrected chi connectivity index (χ3v) is 2.64. The standard InChI is InChI=1S/C8H12F3N3S/c1-2-12-5-7-14-13-6(15-7)3-4-8(9,10)11/h12H,2-5H2,1H3. The summed E-state index contributed by atoms with van der Waals surface area (Å²) in [6.45, 7) is 3.32. The van der Waals surface area contributed by atoms with Crippen molar-refractivity contribution in [2.75, 3.05) is 6.54 Å². The van der Waals surface area contributed by atoms with E-state index in [1.54, 1.807) is 0 Å². The van der Waals surface area contributed by atoms with Crippen molar-refractivity contribution >= 4 is 11.3 Å². The molecule has 0 unspecified atom stereocenters. The maximum Gasteiger partial charge on any atom is 0.389 e. The Balaban J connectivity index is 2.39. The van der Waals surface area contributed by atoms with Gasteiger partial charge in [0.15, 0.2) is 0 Å². The summed E-state index contributed by atoms with van der Waals surface area (Å²) >= 11 is 1.23. The zero-order valence-electron chi connectivity index (χ0n) is 8.26. The monoisotopic (exact) mass is 239 g/mol. The third kappa shape index (κ3) is 5.08. The predicted molar refractivity (Wildman–Crippen MR) is 51.7 cm³/mol. The molecule has 1 aromatic heterocycles. The van der Waals surface area contributed by atoms with E-state index in [0.29, 0.717) is 11.6 Å². The number of hydrogen-bond acceptors (Lipinski definition) is 4. The Morgan fingerprint density at radius 1 is 1.27 bits per heavy atom. The minimum atomic E-state index is -4.12. The number of halogens is 3. The van der Waals surface area contributed by atoms with Crippen LogP contribution in [0.5, 0.6) is 0 Å². The summed E-state index contributed by atoms with van der Waals surface area (Å²) in [5.74, 6) is 0. The number of nitrogens with zero attached hydrogens (tertiary/aromatic N) is 2. The predicted octanol–water partition coefficient (Wildman–Crippen LogP) is 2.14. The van der Waals surface area contributed by atoms with E-state index >= 15 is 0 Å². The van der Waals surface area contributed by atoms with Crippen LogP contribution in [-0.2, 0) is 13.0 Å². The molecule has 0 bridgehead atoms. The molecule has 1 N–H and O–H groups in total. The van der Waals surface area contributed by atoms with Gasteiger partial charge in [-0.2, -0.15) is 13.2 Å². The number of aryl methyl sites for hydroxylation is 1. The highest BCUT2D eigenvalue weighted by molar-refractivity contribution is 7.11. The summed E-state index contributed by atoms with van der Waals surface area (Å²) < 4.78 is 35.7. The van der Waals surface area contributed by atoms with Gasteiger partial charge in [-0.05, 0) is 6.54 Å². The van der Waals surface area contributed by atoms with Gasteiger partial charge in [-0.25, -0.2) is 0 Å². The van der Waals surface area contributed by atoms with Crippen LogP contribution in [-0.4, -0.2) is 22.9 Å². The van der Waals surface area contributed by atoms with Gasteiger partial charge in [-0.1, -0.05) is 6.92 Å². The van der Waals surface area contributed by atoms with E-state index < -0.39 is 12.6 Å². The highest BCUT2D eigenvalue weighted by Gasteiger charge is 2.27. The molecule has 3 nitrogen and oxygen atoms in total. The minimum Gasteiger partial charge on any atom is -0.311 e. The van der Waals surface area contributed by atoms with Crippen LogP contribution in [0.4, 0.5) is 13.2 Å². The number of hydrogen-bond donors (Lipinski definition) is 1. The van der Waals surface area contributed by atoms with Crippen molar-refractivity contribution in [3.63, 3.8) is 0 Å².